The van der Waals surface area contributed by atoms with E-state index in [2.05, 4.69) is 58.3 Å². The second-order valence-corrected chi connectivity index (χ2v) is 6.70. The Hall–Kier alpha value is -1.83. The van der Waals surface area contributed by atoms with Crippen LogP contribution in [0.5, 0.6) is 0 Å². The summed E-state index contributed by atoms with van der Waals surface area (Å²) in [5.41, 5.74) is 10.9. The number of aromatic nitrogens is 1. The van der Waals surface area contributed by atoms with Crippen molar-refractivity contribution >= 4 is 41.4 Å². The van der Waals surface area contributed by atoms with Crippen molar-refractivity contribution in [2.24, 2.45) is 10.7 Å². The molecule has 1 aromatic carbocycles. The molecule has 0 saturated carbocycles. The summed E-state index contributed by atoms with van der Waals surface area (Å²) in [7, 11) is 0. The second kappa shape index (κ2) is 10.5. The topological polar surface area (TPSA) is 66.5 Å². The van der Waals surface area contributed by atoms with Gasteiger partial charge in [0, 0.05) is 25.0 Å². The van der Waals surface area contributed by atoms with Gasteiger partial charge in [-0.1, -0.05) is 32.0 Å². The minimum absolute atomic E-state index is 0. The smallest absolute Gasteiger partial charge is 0.193 e. The Morgan fingerprint density at radius 1 is 1.15 bits per heavy atom. The van der Waals surface area contributed by atoms with Crippen LogP contribution in [0, 0.1) is 0 Å². The van der Waals surface area contributed by atoms with Crippen LogP contribution in [-0.4, -0.2) is 24.0 Å². The molecule has 146 valence electrons. The predicted molar refractivity (Wildman–Crippen MR) is 125 cm³/mol. The molecule has 0 atom stereocenters. The van der Waals surface area contributed by atoms with E-state index in [1.54, 1.807) is 0 Å². The van der Waals surface area contributed by atoms with Crippen molar-refractivity contribution in [3.63, 3.8) is 0 Å². The van der Waals surface area contributed by atoms with Gasteiger partial charge in [-0.3, -0.25) is 0 Å². The van der Waals surface area contributed by atoms with Gasteiger partial charge in [-0.2, -0.15) is 0 Å². The summed E-state index contributed by atoms with van der Waals surface area (Å²) in [6, 6.07) is 10.5. The zero-order valence-electron chi connectivity index (χ0n) is 16.2. The number of anilines is 2. The number of para-hydroxylation sites is 1. The first-order chi connectivity index (χ1) is 12.7. The number of halogens is 1. The summed E-state index contributed by atoms with van der Waals surface area (Å²) in [6.07, 6.45) is 6.29. The molecule has 6 heteroatoms. The van der Waals surface area contributed by atoms with Crippen LogP contribution in [0.15, 0.2) is 41.5 Å². The van der Waals surface area contributed by atoms with E-state index in [0.717, 1.165) is 43.0 Å². The predicted octanol–water partition coefficient (Wildman–Crippen LogP) is 4.35. The monoisotopic (exact) mass is 479 g/mol. The molecule has 1 fully saturated rings. The van der Waals surface area contributed by atoms with Crippen molar-refractivity contribution in [2.75, 3.05) is 23.3 Å². The van der Waals surface area contributed by atoms with Gasteiger partial charge in [-0.25, -0.2) is 9.98 Å². The molecular weight excluding hydrogens is 449 g/mol. The average Bonchev–Trinajstić information content (AvgIpc) is 3.21. The molecule has 2 aromatic rings. The lowest BCUT2D eigenvalue weighted by Crippen LogP contribution is -2.24. The summed E-state index contributed by atoms with van der Waals surface area (Å²) in [5.74, 6) is 1.51. The van der Waals surface area contributed by atoms with Gasteiger partial charge in [-0.15, -0.1) is 24.0 Å². The van der Waals surface area contributed by atoms with Gasteiger partial charge in [0.2, 0.25) is 0 Å². The van der Waals surface area contributed by atoms with Crippen LogP contribution < -0.4 is 16.0 Å². The molecule has 0 spiro atoms. The standard InChI is InChI=1S/C21H29N5.HI/c1-3-17-8-7-9-18(4-2)20(17)25-21(22)24-15-16-10-11-23-19(14-16)26-12-5-6-13-26;/h7-11,14H,3-6,12-13,15H2,1-2H3,(H3,22,24,25);1H. The van der Waals surface area contributed by atoms with Crippen LogP contribution in [-0.2, 0) is 19.4 Å². The van der Waals surface area contributed by atoms with E-state index >= 15 is 0 Å². The fourth-order valence-electron chi connectivity index (χ4n) is 3.43. The maximum absolute atomic E-state index is 6.17. The van der Waals surface area contributed by atoms with Crippen LogP contribution in [0.25, 0.3) is 0 Å². The number of benzene rings is 1. The van der Waals surface area contributed by atoms with E-state index in [1.165, 1.54) is 24.0 Å². The number of rotatable bonds is 6. The third kappa shape index (κ3) is 5.57. The minimum atomic E-state index is 0. The van der Waals surface area contributed by atoms with E-state index in [1.807, 2.05) is 12.3 Å². The van der Waals surface area contributed by atoms with Crippen LogP contribution in [0.1, 0.15) is 43.4 Å². The highest BCUT2D eigenvalue weighted by molar-refractivity contribution is 14.0. The van der Waals surface area contributed by atoms with E-state index in [0.29, 0.717) is 12.5 Å². The molecule has 27 heavy (non-hydrogen) atoms. The van der Waals surface area contributed by atoms with Gasteiger partial charge in [0.25, 0.3) is 0 Å². The number of aliphatic imine (C=N–C) groups is 1. The lowest BCUT2D eigenvalue weighted by Gasteiger charge is -2.17. The minimum Gasteiger partial charge on any atom is -0.370 e. The van der Waals surface area contributed by atoms with Gasteiger partial charge in [0.05, 0.1) is 6.54 Å². The Balaban J connectivity index is 0.00000261. The van der Waals surface area contributed by atoms with Crippen LogP contribution in [0.2, 0.25) is 0 Å². The fraction of sp³-hybridized carbons (Fsp3) is 0.429. The largest absolute Gasteiger partial charge is 0.370 e. The molecule has 1 aliphatic heterocycles. The lowest BCUT2D eigenvalue weighted by atomic mass is 10.0. The summed E-state index contributed by atoms with van der Waals surface area (Å²) in [5, 5.41) is 3.32. The molecule has 3 N–H and O–H groups in total. The lowest BCUT2D eigenvalue weighted by molar-refractivity contribution is 0.928. The molecule has 5 nitrogen and oxygen atoms in total. The molecule has 0 aliphatic carbocycles. The number of nitrogens with one attached hydrogen (secondary N) is 1. The van der Waals surface area contributed by atoms with Crippen molar-refractivity contribution in [1.29, 1.82) is 0 Å². The molecule has 1 saturated heterocycles. The van der Waals surface area contributed by atoms with Gasteiger partial charge in [0.1, 0.15) is 5.82 Å². The number of nitrogens with two attached hydrogens (primary N) is 1. The van der Waals surface area contributed by atoms with E-state index in [9.17, 15) is 0 Å². The van der Waals surface area contributed by atoms with Gasteiger partial charge < -0.3 is 16.0 Å². The Bertz CT molecular complexity index is 747. The number of hydrogen-bond donors (Lipinski definition) is 2. The quantitative estimate of drug-likeness (QED) is 0.367. The number of nitrogens with zero attached hydrogens (tertiary/aromatic N) is 3. The third-order valence-electron chi connectivity index (χ3n) is 4.92. The Kier molecular flexibility index (Phi) is 8.34. The molecular formula is C21H30IN5. The van der Waals surface area contributed by atoms with Crippen molar-refractivity contribution in [3.8, 4) is 0 Å². The van der Waals surface area contributed by atoms with E-state index in [4.69, 9.17) is 5.73 Å². The van der Waals surface area contributed by atoms with Crippen LogP contribution in [0.3, 0.4) is 0 Å². The molecule has 3 rings (SSSR count). The van der Waals surface area contributed by atoms with Crippen molar-refractivity contribution in [2.45, 2.75) is 46.1 Å². The molecule has 0 unspecified atom stereocenters. The van der Waals surface area contributed by atoms with Crippen molar-refractivity contribution in [3.05, 3.63) is 53.2 Å². The van der Waals surface area contributed by atoms with Gasteiger partial charge in [-0.05, 0) is 54.5 Å². The Labute approximate surface area is 179 Å². The van der Waals surface area contributed by atoms with Gasteiger partial charge in [0.15, 0.2) is 5.96 Å². The van der Waals surface area contributed by atoms with E-state index < -0.39 is 0 Å². The second-order valence-electron chi connectivity index (χ2n) is 6.70. The summed E-state index contributed by atoms with van der Waals surface area (Å²) in [4.78, 5) is 11.4. The number of guanidine groups is 1. The Morgan fingerprint density at radius 3 is 2.44 bits per heavy atom. The average molecular weight is 479 g/mol. The molecule has 0 amide bonds. The molecule has 0 bridgehead atoms. The number of hydrogen-bond acceptors (Lipinski definition) is 3. The van der Waals surface area contributed by atoms with Crippen molar-refractivity contribution < 1.29 is 0 Å². The molecule has 1 aromatic heterocycles. The zero-order chi connectivity index (χ0) is 18.4. The van der Waals surface area contributed by atoms with Crippen LogP contribution >= 0.6 is 24.0 Å². The molecule has 2 heterocycles. The summed E-state index contributed by atoms with van der Waals surface area (Å²) >= 11 is 0. The first kappa shape index (κ1) is 21.5. The number of aryl methyl sites for hydroxylation is 2. The molecule has 1 aliphatic rings. The highest BCUT2D eigenvalue weighted by Crippen LogP contribution is 2.22. The summed E-state index contributed by atoms with van der Waals surface area (Å²) < 4.78 is 0. The first-order valence-corrected chi connectivity index (χ1v) is 9.58. The number of pyridine rings is 1. The van der Waals surface area contributed by atoms with E-state index in [-0.39, 0.29) is 24.0 Å². The molecule has 0 radical (unpaired) electrons. The highest BCUT2D eigenvalue weighted by Gasteiger charge is 2.13. The highest BCUT2D eigenvalue weighted by atomic mass is 127. The fourth-order valence-corrected chi connectivity index (χ4v) is 3.43. The summed E-state index contributed by atoms with van der Waals surface area (Å²) in [6.45, 7) is 7.06. The SMILES string of the molecule is CCc1cccc(CC)c1NC(N)=NCc1ccnc(N2CCCC2)c1.I. The third-order valence-corrected chi connectivity index (χ3v) is 4.92. The maximum Gasteiger partial charge on any atom is 0.193 e. The van der Waals surface area contributed by atoms with Crippen LogP contribution in [0.4, 0.5) is 11.5 Å². The zero-order valence-corrected chi connectivity index (χ0v) is 18.6. The maximum atomic E-state index is 6.17. The Morgan fingerprint density at radius 2 is 1.81 bits per heavy atom. The normalized spacial score (nSPS) is 14.1. The first-order valence-electron chi connectivity index (χ1n) is 9.58. The van der Waals surface area contributed by atoms with Gasteiger partial charge >= 0.3 is 0 Å². The van der Waals surface area contributed by atoms with Crippen molar-refractivity contribution in [1.82, 2.24) is 4.98 Å².